The van der Waals surface area contributed by atoms with Gasteiger partial charge in [0.2, 0.25) is 0 Å². The minimum atomic E-state index is -0.530. The molecule has 0 aromatic heterocycles. The van der Waals surface area contributed by atoms with Crippen molar-refractivity contribution < 1.29 is 14.4 Å². The molecule has 25 heavy (non-hydrogen) atoms. The van der Waals surface area contributed by atoms with Crippen molar-refractivity contribution >= 4 is 11.9 Å². The Hall–Kier alpha value is -3.40. The molecular weight excluding hydrogens is 314 g/mol. The summed E-state index contributed by atoms with van der Waals surface area (Å²) in [5, 5.41) is 3.93. The number of benzene rings is 3. The van der Waals surface area contributed by atoms with Gasteiger partial charge in [0.25, 0.3) is 5.90 Å². The van der Waals surface area contributed by atoms with Crippen LogP contribution in [0.4, 0.5) is 0 Å². The van der Waals surface area contributed by atoms with Crippen LogP contribution in [0.1, 0.15) is 21.5 Å². The van der Waals surface area contributed by atoms with Crippen LogP contribution in [-0.4, -0.2) is 11.9 Å². The molecule has 0 heterocycles. The Kier molecular flexibility index (Phi) is 5.56. The second kappa shape index (κ2) is 8.45. The molecule has 0 bridgehead atoms. The highest BCUT2D eigenvalue weighted by Gasteiger charge is 2.10. The maximum atomic E-state index is 12.1. The molecule has 0 amide bonds. The van der Waals surface area contributed by atoms with Gasteiger partial charge in [-0.1, -0.05) is 66.7 Å². The summed E-state index contributed by atoms with van der Waals surface area (Å²) in [5.74, 6) is -0.272. The molecule has 4 nitrogen and oxygen atoms in total. The fourth-order valence-electron chi connectivity index (χ4n) is 2.18. The number of ether oxygens (including phenoxy) is 1. The summed E-state index contributed by atoms with van der Waals surface area (Å²) in [6, 6.07) is 27.8. The van der Waals surface area contributed by atoms with E-state index in [1.54, 1.807) is 24.3 Å². The van der Waals surface area contributed by atoms with Gasteiger partial charge >= 0.3 is 5.97 Å². The van der Waals surface area contributed by atoms with E-state index in [0.717, 1.165) is 11.1 Å². The second-order valence-corrected chi connectivity index (χ2v) is 5.28. The maximum absolute atomic E-state index is 12.1. The summed E-state index contributed by atoms with van der Waals surface area (Å²) < 4.78 is 5.77. The van der Waals surface area contributed by atoms with Crippen molar-refractivity contribution in [2.45, 2.75) is 6.61 Å². The predicted octanol–water partition coefficient (Wildman–Crippen LogP) is 4.42. The Bertz CT molecular complexity index is 831. The van der Waals surface area contributed by atoms with Gasteiger partial charge < -0.3 is 9.57 Å². The van der Waals surface area contributed by atoms with Crippen LogP contribution in [-0.2, 0) is 16.2 Å². The normalized spacial score (nSPS) is 11.0. The predicted molar refractivity (Wildman–Crippen MR) is 96.1 cm³/mol. The van der Waals surface area contributed by atoms with Crippen LogP contribution < -0.4 is 0 Å². The standard InChI is InChI=1S/C21H17NO3/c23-21(19-14-8-3-9-15-19)25-22-20(18-12-6-2-7-13-18)24-16-17-10-4-1-5-11-17/h1-15H,16H2/b22-20-. The van der Waals surface area contributed by atoms with Gasteiger partial charge in [-0.2, -0.15) is 0 Å². The van der Waals surface area contributed by atoms with Crippen LogP contribution in [0.3, 0.4) is 0 Å². The summed E-state index contributed by atoms with van der Waals surface area (Å²) in [7, 11) is 0. The molecular formula is C21H17NO3. The third kappa shape index (κ3) is 4.78. The van der Waals surface area contributed by atoms with Crippen LogP contribution in [0.25, 0.3) is 0 Å². The van der Waals surface area contributed by atoms with E-state index in [9.17, 15) is 4.79 Å². The largest absolute Gasteiger partial charge is 0.470 e. The molecule has 0 unspecified atom stereocenters. The second-order valence-electron chi connectivity index (χ2n) is 5.28. The topological polar surface area (TPSA) is 47.9 Å². The number of carbonyl (C=O) groups excluding carboxylic acids is 1. The molecule has 124 valence electrons. The van der Waals surface area contributed by atoms with Crippen molar-refractivity contribution in [1.82, 2.24) is 0 Å². The minimum absolute atomic E-state index is 0.258. The van der Waals surface area contributed by atoms with Crippen LogP contribution in [0.15, 0.2) is 96.2 Å². The summed E-state index contributed by atoms with van der Waals surface area (Å²) in [5.41, 5.74) is 2.17. The first-order valence-electron chi connectivity index (χ1n) is 7.89. The summed E-state index contributed by atoms with van der Waals surface area (Å²) in [4.78, 5) is 17.1. The van der Waals surface area contributed by atoms with Crippen LogP contribution in [0.2, 0.25) is 0 Å². The summed E-state index contributed by atoms with van der Waals surface area (Å²) >= 11 is 0. The van der Waals surface area contributed by atoms with Crippen LogP contribution >= 0.6 is 0 Å². The van der Waals surface area contributed by atoms with E-state index >= 15 is 0 Å². The SMILES string of the molecule is O=C(O/N=C(\OCc1ccccc1)c1ccccc1)c1ccccc1. The Morgan fingerprint density at radius 3 is 1.84 bits per heavy atom. The number of carbonyl (C=O) groups is 1. The van der Waals surface area contributed by atoms with Crippen molar-refractivity contribution in [2.24, 2.45) is 5.16 Å². The van der Waals surface area contributed by atoms with Gasteiger partial charge in [0, 0.05) is 5.56 Å². The van der Waals surface area contributed by atoms with Crippen molar-refractivity contribution in [3.63, 3.8) is 0 Å². The highest BCUT2D eigenvalue weighted by molar-refractivity contribution is 5.95. The first kappa shape index (κ1) is 16.5. The quantitative estimate of drug-likeness (QED) is 0.301. The zero-order valence-electron chi connectivity index (χ0n) is 13.5. The van der Waals surface area contributed by atoms with E-state index in [1.807, 2.05) is 66.7 Å². The van der Waals surface area contributed by atoms with Crippen molar-refractivity contribution in [3.8, 4) is 0 Å². The maximum Gasteiger partial charge on any atom is 0.365 e. The van der Waals surface area contributed by atoms with Crippen molar-refractivity contribution in [3.05, 3.63) is 108 Å². The van der Waals surface area contributed by atoms with E-state index < -0.39 is 5.97 Å². The minimum Gasteiger partial charge on any atom is -0.470 e. The van der Waals surface area contributed by atoms with Crippen molar-refractivity contribution in [1.29, 1.82) is 0 Å². The Morgan fingerprint density at radius 2 is 1.24 bits per heavy atom. The number of oxime groups is 1. The first-order valence-corrected chi connectivity index (χ1v) is 7.89. The summed E-state index contributed by atoms with van der Waals surface area (Å²) in [6.45, 7) is 0.331. The van der Waals surface area contributed by atoms with Crippen molar-refractivity contribution in [2.75, 3.05) is 0 Å². The van der Waals surface area contributed by atoms with Gasteiger partial charge in [-0.05, 0) is 35.0 Å². The third-order valence-electron chi connectivity index (χ3n) is 3.46. The fraction of sp³-hybridized carbons (Fsp3) is 0.0476. The Labute approximate surface area is 146 Å². The molecule has 0 saturated carbocycles. The highest BCUT2D eigenvalue weighted by atomic mass is 16.7. The molecule has 0 atom stereocenters. The van der Waals surface area contributed by atoms with E-state index in [4.69, 9.17) is 9.57 Å². The van der Waals surface area contributed by atoms with Crippen LogP contribution in [0.5, 0.6) is 0 Å². The molecule has 0 aliphatic carbocycles. The van der Waals surface area contributed by atoms with Gasteiger partial charge in [-0.3, -0.25) is 0 Å². The zero-order chi connectivity index (χ0) is 17.3. The van der Waals surface area contributed by atoms with E-state index in [2.05, 4.69) is 5.16 Å². The van der Waals surface area contributed by atoms with Gasteiger partial charge in [0.1, 0.15) is 6.61 Å². The number of rotatable bonds is 5. The fourth-order valence-corrected chi connectivity index (χ4v) is 2.18. The Morgan fingerprint density at radius 1 is 0.720 bits per heavy atom. The number of nitrogens with zero attached hydrogens (tertiary/aromatic N) is 1. The lowest BCUT2D eigenvalue weighted by Crippen LogP contribution is -2.10. The molecule has 0 saturated heterocycles. The third-order valence-corrected chi connectivity index (χ3v) is 3.46. The molecule has 4 heteroatoms. The molecule has 0 radical (unpaired) electrons. The number of hydrogen-bond acceptors (Lipinski definition) is 4. The van der Waals surface area contributed by atoms with Gasteiger partial charge in [0.15, 0.2) is 0 Å². The molecule has 0 aliphatic heterocycles. The lowest BCUT2D eigenvalue weighted by molar-refractivity contribution is 0.0500. The van der Waals surface area contributed by atoms with E-state index in [1.165, 1.54) is 0 Å². The Balaban J connectivity index is 1.75. The molecule has 3 rings (SSSR count). The first-order chi connectivity index (χ1) is 12.3. The van der Waals surface area contributed by atoms with Gasteiger partial charge in [0.05, 0.1) is 5.56 Å². The molecule has 3 aromatic carbocycles. The molecule has 0 fully saturated rings. The van der Waals surface area contributed by atoms with E-state index in [-0.39, 0.29) is 5.90 Å². The zero-order valence-corrected chi connectivity index (χ0v) is 13.5. The monoisotopic (exact) mass is 331 g/mol. The average molecular weight is 331 g/mol. The average Bonchev–Trinajstić information content (AvgIpc) is 2.70. The summed E-state index contributed by atoms with van der Waals surface area (Å²) in [6.07, 6.45) is 0. The number of hydrogen-bond donors (Lipinski definition) is 0. The smallest absolute Gasteiger partial charge is 0.365 e. The lowest BCUT2D eigenvalue weighted by atomic mass is 10.2. The van der Waals surface area contributed by atoms with Crippen LogP contribution in [0, 0.1) is 0 Å². The highest BCUT2D eigenvalue weighted by Crippen LogP contribution is 2.09. The molecule has 0 spiro atoms. The molecule has 0 aliphatic rings. The van der Waals surface area contributed by atoms with Gasteiger partial charge in [-0.15, -0.1) is 0 Å². The molecule has 3 aromatic rings. The van der Waals surface area contributed by atoms with E-state index in [0.29, 0.717) is 12.2 Å². The molecule has 0 N–H and O–H groups in total. The van der Waals surface area contributed by atoms with Gasteiger partial charge in [-0.25, -0.2) is 4.79 Å². The lowest BCUT2D eigenvalue weighted by Gasteiger charge is -2.09.